The highest BCUT2D eigenvalue weighted by Gasteiger charge is 2.25. The number of esters is 1. The molecule has 126 valence electrons. The molecule has 0 rings (SSSR count). The van der Waals surface area contributed by atoms with Crippen LogP contribution >= 0.6 is 11.8 Å². The number of hydrogen-bond donors (Lipinski definition) is 2. The lowest BCUT2D eigenvalue weighted by atomic mass is 9.96. The fourth-order valence-electron chi connectivity index (χ4n) is 1.02. The minimum atomic E-state index is -1.20. The lowest BCUT2D eigenvalue weighted by Crippen LogP contribution is -2.33. The van der Waals surface area contributed by atoms with Gasteiger partial charge in [0.25, 0.3) is 5.09 Å². The van der Waals surface area contributed by atoms with Crippen molar-refractivity contribution in [3.8, 4) is 0 Å². The first-order chi connectivity index (χ1) is 10.0. The fourth-order valence-corrected chi connectivity index (χ4v) is 1.84. The predicted octanol–water partition coefficient (Wildman–Crippen LogP) is -0.522. The zero-order valence-electron chi connectivity index (χ0n) is 12.1. The van der Waals surface area contributed by atoms with Crippen molar-refractivity contribution in [3.05, 3.63) is 10.1 Å². The third kappa shape index (κ3) is 9.13. The summed E-state index contributed by atoms with van der Waals surface area (Å²) in [6, 6.07) is -1.12. The Bertz CT molecular complexity index is 440. The van der Waals surface area contributed by atoms with E-state index < -0.39 is 34.3 Å². The number of rotatable bonds is 11. The number of nitrogens with two attached hydrogens (primary N) is 1. The Labute approximate surface area is 130 Å². The number of carboxylic acids is 1. The molecule has 0 saturated carbocycles. The monoisotopic (exact) mass is 338 g/mol. The molecule has 0 aliphatic carbocycles. The predicted molar refractivity (Wildman–Crippen MR) is 75.6 cm³/mol. The van der Waals surface area contributed by atoms with Gasteiger partial charge in [0, 0.05) is 11.2 Å². The average molecular weight is 338 g/mol. The Morgan fingerprint density at radius 1 is 1.36 bits per heavy atom. The van der Waals surface area contributed by atoms with Gasteiger partial charge in [-0.25, -0.2) is 4.79 Å². The molecule has 0 aliphatic rings. The number of aliphatic carboxylic acids is 1. The standard InChI is InChI=1S/C11H18N2O8S/c1-11(2,6-21-13(18)19)5-20-10(17)8(14)4-22-3-7(12)9(15)16/h7H,3-6,12H2,1-2H3,(H,15,16)/t7-/m0/s1. The summed E-state index contributed by atoms with van der Waals surface area (Å²) in [6.45, 7) is 2.61. The van der Waals surface area contributed by atoms with Gasteiger partial charge >= 0.3 is 11.9 Å². The van der Waals surface area contributed by atoms with Crippen molar-refractivity contribution in [2.45, 2.75) is 19.9 Å². The minimum Gasteiger partial charge on any atom is -0.480 e. The van der Waals surface area contributed by atoms with Crippen LogP contribution in [-0.2, 0) is 24.0 Å². The second kappa shape index (κ2) is 9.20. The summed E-state index contributed by atoms with van der Waals surface area (Å²) < 4.78 is 4.75. The molecule has 0 saturated heterocycles. The van der Waals surface area contributed by atoms with Gasteiger partial charge in [-0.1, -0.05) is 13.8 Å². The molecular weight excluding hydrogens is 320 g/mol. The van der Waals surface area contributed by atoms with E-state index in [1.807, 2.05) is 0 Å². The molecule has 0 radical (unpaired) electrons. The van der Waals surface area contributed by atoms with Crippen molar-refractivity contribution in [2.75, 3.05) is 24.7 Å². The Morgan fingerprint density at radius 2 is 1.95 bits per heavy atom. The van der Waals surface area contributed by atoms with Crippen LogP contribution in [0.4, 0.5) is 0 Å². The molecule has 0 heterocycles. The van der Waals surface area contributed by atoms with Crippen LogP contribution in [-0.4, -0.2) is 58.7 Å². The molecule has 0 unspecified atom stereocenters. The number of nitrogens with zero attached hydrogens (tertiary/aromatic N) is 1. The third-order valence-corrected chi connectivity index (χ3v) is 3.29. The van der Waals surface area contributed by atoms with Gasteiger partial charge in [-0.3, -0.25) is 9.59 Å². The maximum absolute atomic E-state index is 11.5. The number of hydrogen-bond acceptors (Lipinski definition) is 9. The van der Waals surface area contributed by atoms with E-state index in [2.05, 4.69) is 4.84 Å². The van der Waals surface area contributed by atoms with Gasteiger partial charge in [-0.2, -0.15) is 11.8 Å². The lowest BCUT2D eigenvalue weighted by molar-refractivity contribution is -0.760. The first kappa shape index (κ1) is 20.1. The zero-order valence-corrected chi connectivity index (χ0v) is 13.0. The lowest BCUT2D eigenvalue weighted by Gasteiger charge is -2.22. The summed E-state index contributed by atoms with van der Waals surface area (Å²) in [6.07, 6.45) is 0. The summed E-state index contributed by atoms with van der Waals surface area (Å²) in [7, 11) is 0. The molecule has 0 aromatic rings. The van der Waals surface area contributed by atoms with E-state index in [0.717, 1.165) is 11.8 Å². The molecule has 0 aromatic heterocycles. The number of thioether (sulfide) groups is 1. The molecule has 0 bridgehead atoms. The number of ether oxygens (including phenoxy) is 1. The Kier molecular flexibility index (Phi) is 8.42. The van der Waals surface area contributed by atoms with Gasteiger partial charge in [0.1, 0.15) is 12.6 Å². The maximum Gasteiger partial charge on any atom is 0.375 e. The fraction of sp³-hybridized carbons (Fsp3) is 0.727. The van der Waals surface area contributed by atoms with Crippen LogP contribution in [0.3, 0.4) is 0 Å². The number of carboxylic acid groups (broad SMARTS) is 1. The van der Waals surface area contributed by atoms with Crippen molar-refractivity contribution >= 4 is 29.5 Å². The topological polar surface area (TPSA) is 159 Å². The molecule has 22 heavy (non-hydrogen) atoms. The molecule has 11 heteroatoms. The van der Waals surface area contributed by atoms with Gasteiger partial charge in [-0.05, 0) is 0 Å². The smallest absolute Gasteiger partial charge is 0.375 e. The maximum atomic E-state index is 11.5. The van der Waals surface area contributed by atoms with E-state index in [4.69, 9.17) is 15.6 Å². The van der Waals surface area contributed by atoms with Crippen molar-refractivity contribution in [2.24, 2.45) is 11.1 Å². The van der Waals surface area contributed by atoms with Crippen molar-refractivity contribution in [3.63, 3.8) is 0 Å². The van der Waals surface area contributed by atoms with E-state index >= 15 is 0 Å². The van der Waals surface area contributed by atoms with Crippen molar-refractivity contribution in [1.29, 1.82) is 0 Å². The summed E-state index contributed by atoms with van der Waals surface area (Å²) in [4.78, 5) is 47.6. The second-order valence-electron chi connectivity index (χ2n) is 5.12. The van der Waals surface area contributed by atoms with Crippen LogP contribution in [0.15, 0.2) is 0 Å². The molecule has 0 aromatic carbocycles. The van der Waals surface area contributed by atoms with Gasteiger partial charge in [-0.15, -0.1) is 10.1 Å². The second-order valence-corrected chi connectivity index (χ2v) is 6.15. The highest BCUT2D eigenvalue weighted by Crippen LogP contribution is 2.16. The Balaban J connectivity index is 4.07. The van der Waals surface area contributed by atoms with Gasteiger partial charge in [0.05, 0.1) is 12.4 Å². The van der Waals surface area contributed by atoms with Crippen LogP contribution in [0, 0.1) is 15.5 Å². The number of carbonyl (C=O) groups excluding carboxylic acids is 2. The molecule has 1 atom stereocenters. The van der Waals surface area contributed by atoms with Crippen LogP contribution in [0.1, 0.15) is 13.8 Å². The van der Waals surface area contributed by atoms with Crippen LogP contribution in [0.25, 0.3) is 0 Å². The van der Waals surface area contributed by atoms with Crippen LogP contribution < -0.4 is 5.73 Å². The first-order valence-electron chi connectivity index (χ1n) is 6.08. The number of Topliss-reactive ketones (excluding diaryl/α,β-unsaturated/α-hetero) is 1. The normalized spacial score (nSPS) is 12.3. The number of ketones is 1. The van der Waals surface area contributed by atoms with Gasteiger partial charge in [0.2, 0.25) is 5.78 Å². The summed E-state index contributed by atoms with van der Waals surface area (Å²) >= 11 is 0.903. The van der Waals surface area contributed by atoms with Gasteiger partial charge in [0.15, 0.2) is 0 Å². The summed E-state index contributed by atoms with van der Waals surface area (Å²) in [5, 5.41) is 17.7. The van der Waals surface area contributed by atoms with Crippen LogP contribution in [0.5, 0.6) is 0 Å². The summed E-state index contributed by atoms with van der Waals surface area (Å²) in [5.74, 6) is -3.41. The molecule has 3 N–H and O–H groups in total. The summed E-state index contributed by atoms with van der Waals surface area (Å²) in [5.41, 5.74) is 4.40. The van der Waals surface area contributed by atoms with E-state index in [-0.39, 0.29) is 24.7 Å². The molecule has 0 aliphatic heterocycles. The van der Waals surface area contributed by atoms with Gasteiger partial charge < -0.3 is 20.4 Å². The largest absolute Gasteiger partial charge is 0.480 e. The molecular formula is C11H18N2O8S. The minimum absolute atomic E-state index is 0.0173. The van der Waals surface area contributed by atoms with Crippen LogP contribution in [0.2, 0.25) is 0 Å². The number of carbonyl (C=O) groups is 3. The molecule has 0 amide bonds. The molecule has 0 spiro atoms. The quantitative estimate of drug-likeness (QED) is 0.217. The SMILES string of the molecule is CC(C)(COC(=O)C(=O)CSC[C@H](N)C(=O)O)CO[N+](=O)[O-]. The van der Waals surface area contributed by atoms with E-state index in [0.29, 0.717) is 0 Å². The Hall–Kier alpha value is -1.88. The van der Waals surface area contributed by atoms with Crippen molar-refractivity contribution < 1.29 is 34.2 Å². The van der Waals surface area contributed by atoms with E-state index in [1.54, 1.807) is 13.8 Å². The first-order valence-corrected chi connectivity index (χ1v) is 7.24. The zero-order chi connectivity index (χ0) is 17.3. The van der Waals surface area contributed by atoms with Crippen molar-refractivity contribution in [1.82, 2.24) is 0 Å². The third-order valence-electron chi connectivity index (χ3n) is 2.23. The van der Waals surface area contributed by atoms with E-state index in [1.165, 1.54) is 0 Å². The van der Waals surface area contributed by atoms with E-state index in [9.17, 15) is 24.5 Å². The highest BCUT2D eigenvalue weighted by atomic mass is 32.2. The highest BCUT2D eigenvalue weighted by molar-refractivity contribution is 8.00. The Morgan fingerprint density at radius 3 is 2.45 bits per heavy atom. The average Bonchev–Trinajstić information content (AvgIpc) is 2.42. The molecule has 0 fully saturated rings. The molecule has 10 nitrogen and oxygen atoms in total.